The molecule has 0 fully saturated rings. The Kier molecular flexibility index (Phi) is 7.69. The maximum atomic E-state index is 11.8. The van der Waals surface area contributed by atoms with Crippen molar-refractivity contribution in [2.75, 3.05) is 32.8 Å². The third-order valence-electron chi connectivity index (χ3n) is 3.30. The molecule has 0 radical (unpaired) electrons. The zero-order chi connectivity index (χ0) is 14.8. The first-order chi connectivity index (χ1) is 9.71. The SMILES string of the molecule is CCN(CC)CCNC(=O)NC(CO)c1ccccc1. The predicted octanol–water partition coefficient (Wildman–Crippen LogP) is 1.36. The molecule has 1 rings (SSSR count). The highest BCUT2D eigenvalue weighted by atomic mass is 16.3. The van der Waals surface area contributed by atoms with E-state index in [9.17, 15) is 9.90 Å². The van der Waals surface area contributed by atoms with Crippen LogP contribution in [0.15, 0.2) is 30.3 Å². The standard InChI is InChI=1S/C15H25N3O2/c1-3-18(4-2)11-10-16-15(20)17-14(12-19)13-8-6-5-7-9-13/h5-9,14,19H,3-4,10-12H2,1-2H3,(H2,16,17,20). The summed E-state index contributed by atoms with van der Waals surface area (Å²) in [5.74, 6) is 0. The van der Waals surface area contributed by atoms with Crippen LogP contribution in [0.4, 0.5) is 4.79 Å². The summed E-state index contributed by atoms with van der Waals surface area (Å²) >= 11 is 0. The number of benzene rings is 1. The molecular weight excluding hydrogens is 254 g/mol. The van der Waals surface area contributed by atoms with Gasteiger partial charge >= 0.3 is 6.03 Å². The summed E-state index contributed by atoms with van der Waals surface area (Å²) in [5.41, 5.74) is 0.897. The summed E-state index contributed by atoms with van der Waals surface area (Å²) in [4.78, 5) is 14.0. The van der Waals surface area contributed by atoms with Crippen LogP contribution in [0.25, 0.3) is 0 Å². The zero-order valence-electron chi connectivity index (χ0n) is 12.3. The van der Waals surface area contributed by atoms with E-state index < -0.39 is 0 Å². The third-order valence-corrected chi connectivity index (χ3v) is 3.30. The first kappa shape index (κ1) is 16.5. The second-order valence-electron chi connectivity index (χ2n) is 4.57. The molecule has 1 unspecified atom stereocenters. The molecule has 0 spiro atoms. The van der Waals surface area contributed by atoms with Crippen LogP contribution in [0.1, 0.15) is 25.5 Å². The Hall–Kier alpha value is -1.59. The van der Waals surface area contributed by atoms with Gasteiger partial charge in [0.1, 0.15) is 0 Å². The summed E-state index contributed by atoms with van der Waals surface area (Å²) in [7, 11) is 0. The van der Waals surface area contributed by atoms with Gasteiger partial charge in [-0.1, -0.05) is 44.2 Å². The van der Waals surface area contributed by atoms with Gasteiger partial charge in [-0.05, 0) is 18.7 Å². The fourth-order valence-corrected chi connectivity index (χ4v) is 2.00. The second-order valence-corrected chi connectivity index (χ2v) is 4.57. The second kappa shape index (κ2) is 9.34. The number of hydrogen-bond acceptors (Lipinski definition) is 3. The molecule has 0 saturated heterocycles. The van der Waals surface area contributed by atoms with Gasteiger partial charge in [0.15, 0.2) is 0 Å². The molecule has 5 heteroatoms. The maximum Gasteiger partial charge on any atom is 0.315 e. The van der Waals surface area contributed by atoms with Crippen LogP contribution < -0.4 is 10.6 Å². The Bertz CT molecular complexity index is 380. The van der Waals surface area contributed by atoms with Crippen molar-refractivity contribution in [1.29, 1.82) is 0 Å². The van der Waals surface area contributed by atoms with E-state index in [1.807, 2.05) is 30.3 Å². The summed E-state index contributed by atoms with van der Waals surface area (Å²) in [6, 6.07) is 8.83. The highest BCUT2D eigenvalue weighted by Crippen LogP contribution is 2.10. The van der Waals surface area contributed by atoms with Gasteiger partial charge in [-0.3, -0.25) is 0 Å². The number of nitrogens with zero attached hydrogens (tertiary/aromatic N) is 1. The number of aliphatic hydroxyl groups excluding tert-OH is 1. The number of nitrogens with one attached hydrogen (secondary N) is 2. The molecule has 0 aliphatic carbocycles. The highest BCUT2D eigenvalue weighted by molar-refractivity contribution is 5.74. The van der Waals surface area contributed by atoms with E-state index in [1.54, 1.807) is 0 Å². The Morgan fingerprint density at radius 3 is 2.45 bits per heavy atom. The summed E-state index contributed by atoms with van der Waals surface area (Å²) in [6.07, 6.45) is 0. The van der Waals surface area contributed by atoms with E-state index in [-0.39, 0.29) is 18.7 Å². The quantitative estimate of drug-likeness (QED) is 0.673. The largest absolute Gasteiger partial charge is 0.394 e. The van der Waals surface area contributed by atoms with Gasteiger partial charge in [-0.25, -0.2) is 4.79 Å². The first-order valence-corrected chi connectivity index (χ1v) is 7.13. The van der Waals surface area contributed by atoms with Gasteiger partial charge in [0.05, 0.1) is 12.6 Å². The Labute approximate surface area is 121 Å². The Morgan fingerprint density at radius 1 is 1.25 bits per heavy atom. The molecule has 5 nitrogen and oxygen atoms in total. The molecule has 0 bridgehead atoms. The van der Waals surface area contributed by atoms with Crippen molar-refractivity contribution in [3.63, 3.8) is 0 Å². The molecule has 0 aliphatic rings. The van der Waals surface area contributed by atoms with Crippen LogP contribution >= 0.6 is 0 Å². The maximum absolute atomic E-state index is 11.8. The molecule has 2 amide bonds. The Balaban J connectivity index is 2.37. The number of likely N-dealkylation sites (N-methyl/N-ethyl adjacent to an activating group) is 1. The fourth-order valence-electron chi connectivity index (χ4n) is 2.00. The number of carbonyl (C=O) groups is 1. The van der Waals surface area contributed by atoms with Crippen molar-refractivity contribution in [2.24, 2.45) is 0 Å². The van der Waals surface area contributed by atoms with Crippen molar-refractivity contribution in [3.8, 4) is 0 Å². The Morgan fingerprint density at radius 2 is 1.90 bits per heavy atom. The average Bonchev–Trinajstić information content (AvgIpc) is 2.50. The van der Waals surface area contributed by atoms with E-state index in [1.165, 1.54) is 0 Å². The van der Waals surface area contributed by atoms with Crippen molar-refractivity contribution < 1.29 is 9.90 Å². The van der Waals surface area contributed by atoms with Crippen molar-refractivity contribution in [3.05, 3.63) is 35.9 Å². The summed E-state index contributed by atoms with van der Waals surface area (Å²) in [6.45, 7) is 7.46. The molecule has 0 aliphatic heterocycles. The normalized spacial score (nSPS) is 12.2. The lowest BCUT2D eigenvalue weighted by Gasteiger charge is -2.20. The molecule has 1 aromatic carbocycles. The fraction of sp³-hybridized carbons (Fsp3) is 0.533. The minimum absolute atomic E-state index is 0.118. The van der Waals surface area contributed by atoms with E-state index in [4.69, 9.17) is 0 Å². The third kappa shape index (κ3) is 5.59. The van der Waals surface area contributed by atoms with Crippen LogP contribution in [0.2, 0.25) is 0 Å². The number of carbonyl (C=O) groups excluding carboxylic acids is 1. The van der Waals surface area contributed by atoms with Gasteiger partial charge < -0.3 is 20.6 Å². The van der Waals surface area contributed by atoms with Crippen LogP contribution in [-0.2, 0) is 0 Å². The molecule has 0 heterocycles. The lowest BCUT2D eigenvalue weighted by atomic mass is 10.1. The van der Waals surface area contributed by atoms with Crippen molar-refractivity contribution in [1.82, 2.24) is 15.5 Å². The number of aliphatic hydroxyl groups is 1. The average molecular weight is 279 g/mol. The van der Waals surface area contributed by atoms with Crippen LogP contribution in [0, 0.1) is 0 Å². The van der Waals surface area contributed by atoms with Gasteiger partial charge in [0, 0.05) is 13.1 Å². The lowest BCUT2D eigenvalue weighted by molar-refractivity contribution is 0.215. The number of amides is 2. The van der Waals surface area contributed by atoms with Gasteiger partial charge in [0.25, 0.3) is 0 Å². The van der Waals surface area contributed by atoms with E-state index >= 15 is 0 Å². The zero-order valence-corrected chi connectivity index (χ0v) is 12.3. The number of rotatable bonds is 8. The van der Waals surface area contributed by atoms with Gasteiger partial charge in [-0.15, -0.1) is 0 Å². The predicted molar refractivity (Wildman–Crippen MR) is 80.6 cm³/mol. The number of hydrogen-bond donors (Lipinski definition) is 3. The number of urea groups is 1. The van der Waals surface area contributed by atoms with Crippen molar-refractivity contribution >= 4 is 6.03 Å². The molecule has 0 aromatic heterocycles. The molecule has 3 N–H and O–H groups in total. The topological polar surface area (TPSA) is 64.6 Å². The molecule has 112 valence electrons. The first-order valence-electron chi connectivity index (χ1n) is 7.13. The minimum atomic E-state index is -0.371. The highest BCUT2D eigenvalue weighted by Gasteiger charge is 2.12. The molecule has 1 atom stereocenters. The summed E-state index contributed by atoms with van der Waals surface area (Å²) < 4.78 is 0. The lowest BCUT2D eigenvalue weighted by Crippen LogP contribution is -2.42. The van der Waals surface area contributed by atoms with Crippen LogP contribution in [0.3, 0.4) is 0 Å². The molecule has 0 saturated carbocycles. The van der Waals surface area contributed by atoms with Gasteiger partial charge in [-0.2, -0.15) is 0 Å². The van der Waals surface area contributed by atoms with Crippen molar-refractivity contribution in [2.45, 2.75) is 19.9 Å². The van der Waals surface area contributed by atoms with E-state index in [0.717, 1.165) is 25.2 Å². The van der Waals surface area contributed by atoms with Crippen LogP contribution in [-0.4, -0.2) is 48.8 Å². The smallest absolute Gasteiger partial charge is 0.315 e. The van der Waals surface area contributed by atoms with Gasteiger partial charge in [0.2, 0.25) is 0 Å². The molecule has 1 aromatic rings. The summed E-state index contributed by atoms with van der Waals surface area (Å²) in [5, 5.41) is 15.0. The molecule has 20 heavy (non-hydrogen) atoms. The van der Waals surface area contributed by atoms with E-state index in [2.05, 4.69) is 29.4 Å². The monoisotopic (exact) mass is 279 g/mol. The van der Waals surface area contributed by atoms with Crippen LogP contribution in [0.5, 0.6) is 0 Å². The van der Waals surface area contributed by atoms with E-state index in [0.29, 0.717) is 6.54 Å². The minimum Gasteiger partial charge on any atom is -0.394 e. The molecular formula is C15H25N3O2.